The van der Waals surface area contributed by atoms with Crippen LogP contribution in [0.15, 0.2) is 97.1 Å². The van der Waals surface area contributed by atoms with E-state index in [1.807, 2.05) is 48.5 Å². The van der Waals surface area contributed by atoms with E-state index in [1.165, 1.54) is 43.3 Å². The van der Waals surface area contributed by atoms with Crippen molar-refractivity contribution in [3.05, 3.63) is 108 Å². The van der Waals surface area contributed by atoms with Crippen molar-refractivity contribution in [1.29, 1.82) is 0 Å². The van der Waals surface area contributed by atoms with E-state index in [0.717, 1.165) is 70.9 Å². The average molecular weight is 1240 g/mol. The van der Waals surface area contributed by atoms with E-state index < -0.39 is 152 Å². The second-order valence-corrected chi connectivity index (χ2v) is 23.3. The van der Waals surface area contributed by atoms with Crippen molar-refractivity contribution >= 4 is 41.4 Å². The van der Waals surface area contributed by atoms with Crippen molar-refractivity contribution in [3.8, 4) is 33.8 Å². The standard InChI is InChI=1S/C64H86N8O17/c1-5-6-10-29-88-46-26-22-41(23-27-46)39-14-12-38(13-15-39)40-16-18-43(19-17-40)57(81)66-47-32-49(77)62(89-30-11-8-7-9-28-65)70-61(85)53-54(78)35(2)33-72(53)64(87)51(37(4)74)68-60(84)52(56(80)55(79)42-20-24-44(75)25-21-42)69-59(83)48-31-45(76)34-71(48)63(86)50(36(3)73)67-58(47)82/h12-27,35-37,45,47-56,62,73-80H,5-11,28-34,65H2,1-4H3,(H,66,81)(H,67,82)(H,68,84)(H,69,83)(H,70,85)/t35-,36-,37-,45+,47+,48-,49+,50-,51-,52-,53-,54-,55-,56-,62+/m0/s1. The summed E-state index contributed by atoms with van der Waals surface area (Å²) in [5.74, 6) is -8.24. The summed E-state index contributed by atoms with van der Waals surface area (Å²) in [6.45, 7) is 5.98. The fraction of sp³-hybridized carbons (Fsp3) is 0.516. The molecule has 0 radical (unpaired) electrons. The Bertz CT molecular complexity index is 3010. The van der Waals surface area contributed by atoms with Gasteiger partial charge >= 0.3 is 0 Å². The summed E-state index contributed by atoms with van der Waals surface area (Å²) in [6.07, 6.45) is -10.2. The molecule has 4 aromatic rings. The topological polar surface area (TPSA) is 392 Å². The zero-order valence-corrected chi connectivity index (χ0v) is 50.5. The monoisotopic (exact) mass is 1240 g/mol. The summed E-state index contributed by atoms with van der Waals surface area (Å²) in [6, 6.07) is 15.3. The number of ether oxygens (including phenoxy) is 2. The van der Waals surface area contributed by atoms with E-state index in [1.54, 1.807) is 12.1 Å². The SMILES string of the molecule is CCCCCOc1ccc(-c2ccc(-c3ccc(C(=O)N[C@@H]4C[C@@H](O)[C@@H](OCCCCCCN)NC(=O)[C@@H]5[C@@H](O)[C@@H](C)CN5C(=O)[C@H]([C@H](C)O)NC(=O)[C@H]([C@H](O)[C@@H](O)c5ccc(O)cc5)NC(=O)[C@@H]5C[C@@H](O)CN5C(=O)[C@H]([C@H](C)O)NC4=O)cc3)cc2)cc1. The fourth-order valence-electron chi connectivity index (χ4n) is 11.2. The van der Waals surface area contributed by atoms with Crippen LogP contribution in [0.4, 0.5) is 0 Å². The number of unbranched alkanes of at least 4 members (excludes halogenated alkanes) is 5. The van der Waals surface area contributed by atoms with Crippen molar-refractivity contribution < 1.29 is 83.9 Å². The first-order valence-electron chi connectivity index (χ1n) is 30.5. The third-order valence-corrected chi connectivity index (χ3v) is 16.4. The van der Waals surface area contributed by atoms with Gasteiger partial charge in [-0.05, 0) is 104 Å². The van der Waals surface area contributed by atoms with Crippen LogP contribution in [0.5, 0.6) is 11.5 Å². The van der Waals surface area contributed by atoms with Crippen molar-refractivity contribution in [2.24, 2.45) is 11.7 Å². The Morgan fingerprint density at radius 1 is 0.629 bits per heavy atom. The summed E-state index contributed by atoms with van der Waals surface area (Å²) in [4.78, 5) is 104. The van der Waals surface area contributed by atoms with Crippen molar-refractivity contribution in [1.82, 2.24) is 36.4 Å². The minimum atomic E-state index is -2.29. The lowest BCUT2D eigenvalue weighted by molar-refractivity contribution is -0.149. The molecule has 0 saturated carbocycles. The number of rotatable bonds is 21. The Morgan fingerprint density at radius 2 is 1.17 bits per heavy atom. The van der Waals surface area contributed by atoms with Crippen LogP contribution in [-0.4, -0.2) is 204 Å². The van der Waals surface area contributed by atoms with Crippen LogP contribution in [0.1, 0.15) is 108 Å². The molecule has 0 aromatic heterocycles. The van der Waals surface area contributed by atoms with Gasteiger partial charge in [0, 0.05) is 44.0 Å². The molecule has 0 aliphatic carbocycles. The quantitative estimate of drug-likeness (QED) is 0.0508. The maximum Gasteiger partial charge on any atom is 0.251 e. The highest BCUT2D eigenvalue weighted by molar-refractivity contribution is 6.00. The lowest BCUT2D eigenvalue weighted by Crippen LogP contribution is -2.64. The molecule has 25 heteroatoms. The first-order chi connectivity index (χ1) is 42.5. The zero-order chi connectivity index (χ0) is 64.6. The summed E-state index contributed by atoms with van der Waals surface area (Å²) < 4.78 is 12.0. The van der Waals surface area contributed by atoms with E-state index in [2.05, 4.69) is 33.5 Å². The zero-order valence-electron chi connectivity index (χ0n) is 50.5. The Labute approximate surface area is 517 Å². The molecule has 0 spiro atoms. The fourth-order valence-corrected chi connectivity index (χ4v) is 11.2. The Morgan fingerprint density at radius 3 is 1.75 bits per heavy atom. The molecule has 4 aromatic carbocycles. The number of carbonyl (C=O) groups excluding carboxylic acids is 7. The Kier molecular flexibility index (Phi) is 25.0. The third-order valence-electron chi connectivity index (χ3n) is 16.4. The highest BCUT2D eigenvalue weighted by Crippen LogP contribution is 2.30. The van der Waals surface area contributed by atoms with Crippen LogP contribution in [0.3, 0.4) is 0 Å². The molecule has 0 bridgehead atoms. The molecule has 3 aliphatic heterocycles. The van der Waals surface area contributed by atoms with Gasteiger partial charge in [0.2, 0.25) is 35.4 Å². The number of phenols is 1. The molecule has 484 valence electrons. The number of nitrogens with two attached hydrogens (primary N) is 1. The molecule has 15 atom stereocenters. The average Bonchev–Trinajstić information content (AvgIpc) is 1.91. The smallest absolute Gasteiger partial charge is 0.251 e. The van der Waals surface area contributed by atoms with E-state index in [0.29, 0.717) is 38.8 Å². The Balaban J connectivity index is 1.23. The van der Waals surface area contributed by atoms with Gasteiger partial charge in [0.25, 0.3) is 5.91 Å². The molecule has 3 heterocycles. The number of amides is 7. The van der Waals surface area contributed by atoms with Gasteiger partial charge in [-0.2, -0.15) is 0 Å². The number of carbonyl (C=O) groups is 7. The largest absolute Gasteiger partial charge is 0.508 e. The highest BCUT2D eigenvalue weighted by atomic mass is 16.5. The molecule has 0 unspecified atom stereocenters. The van der Waals surface area contributed by atoms with E-state index in [4.69, 9.17) is 15.2 Å². The predicted octanol–water partition coefficient (Wildman–Crippen LogP) is 0.616. The summed E-state index contributed by atoms with van der Waals surface area (Å²) in [7, 11) is 0. The van der Waals surface area contributed by atoms with Gasteiger partial charge in [0.15, 0.2) is 6.23 Å². The minimum Gasteiger partial charge on any atom is -0.508 e. The highest BCUT2D eigenvalue weighted by Gasteiger charge is 2.50. The van der Waals surface area contributed by atoms with Gasteiger partial charge in [-0.25, -0.2) is 0 Å². The molecular weight excluding hydrogens is 1150 g/mol. The summed E-state index contributed by atoms with van der Waals surface area (Å²) in [5, 5.41) is 103. The van der Waals surface area contributed by atoms with Gasteiger partial charge < -0.3 is 92.4 Å². The third kappa shape index (κ3) is 17.9. The number of hydrogen-bond donors (Lipinski definition) is 14. The number of aliphatic hydroxyl groups excluding tert-OH is 7. The number of hydrogen-bond acceptors (Lipinski definition) is 18. The van der Waals surface area contributed by atoms with E-state index >= 15 is 0 Å². The molecule has 3 fully saturated rings. The lowest BCUT2D eigenvalue weighted by Gasteiger charge is -2.34. The molecule has 89 heavy (non-hydrogen) atoms. The van der Waals surface area contributed by atoms with E-state index in [9.17, 15) is 74.4 Å². The molecule has 3 aliphatic rings. The van der Waals surface area contributed by atoms with Crippen LogP contribution in [-0.2, 0) is 33.5 Å². The summed E-state index contributed by atoms with van der Waals surface area (Å²) >= 11 is 0. The number of phenolic OH excluding ortho intramolecular Hbond substituents is 1. The number of benzene rings is 4. The molecule has 25 nitrogen and oxygen atoms in total. The predicted molar refractivity (Wildman–Crippen MR) is 325 cm³/mol. The van der Waals surface area contributed by atoms with Gasteiger partial charge in [-0.15, -0.1) is 0 Å². The summed E-state index contributed by atoms with van der Waals surface area (Å²) in [5.41, 5.74) is 9.17. The first-order valence-corrected chi connectivity index (χ1v) is 30.5. The molecular formula is C64H86N8O17. The van der Waals surface area contributed by atoms with Crippen LogP contribution >= 0.6 is 0 Å². The van der Waals surface area contributed by atoms with Gasteiger partial charge in [0.05, 0.1) is 31.0 Å². The first kappa shape index (κ1) is 68.9. The second kappa shape index (κ2) is 32.2. The van der Waals surface area contributed by atoms with Crippen molar-refractivity contribution in [2.75, 3.05) is 32.8 Å². The Hall–Kier alpha value is -7.59. The number of nitrogens with zero attached hydrogens (tertiary/aromatic N) is 2. The number of aromatic hydroxyl groups is 1. The normalized spacial score (nSPS) is 26.3. The molecule has 15 N–H and O–H groups in total. The molecule has 7 amide bonds. The van der Waals surface area contributed by atoms with Crippen molar-refractivity contribution in [2.45, 2.75) is 171 Å². The van der Waals surface area contributed by atoms with Crippen LogP contribution in [0, 0.1) is 5.92 Å². The second-order valence-electron chi connectivity index (χ2n) is 23.3. The minimum absolute atomic E-state index is 0.0465. The lowest BCUT2D eigenvalue weighted by atomic mass is 9.96. The van der Waals surface area contributed by atoms with Crippen LogP contribution < -0.4 is 37.1 Å². The molecule has 7 rings (SSSR count). The molecule has 3 saturated heterocycles. The number of aliphatic hydroxyl groups is 7. The number of nitrogens with one attached hydrogen (secondary N) is 5. The van der Waals surface area contributed by atoms with Gasteiger partial charge in [0.1, 0.15) is 66.1 Å². The number of fused-ring (bicyclic) bond motifs is 2. The van der Waals surface area contributed by atoms with E-state index in [-0.39, 0.29) is 30.0 Å². The van der Waals surface area contributed by atoms with Crippen LogP contribution in [0.2, 0.25) is 0 Å². The maximum absolute atomic E-state index is 14.8. The van der Waals surface area contributed by atoms with Crippen LogP contribution in [0.25, 0.3) is 22.3 Å². The van der Waals surface area contributed by atoms with Gasteiger partial charge in [-0.1, -0.05) is 100 Å². The van der Waals surface area contributed by atoms with Gasteiger partial charge in [-0.3, -0.25) is 33.6 Å². The van der Waals surface area contributed by atoms with Crippen molar-refractivity contribution in [3.63, 3.8) is 0 Å². The maximum atomic E-state index is 14.8.